The summed E-state index contributed by atoms with van der Waals surface area (Å²) in [6.45, 7) is 6.04. The first-order chi connectivity index (χ1) is 7.94. The maximum atomic E-state index is 12.4. The van der Waals surface area contributed by atoms with Gasteiger partial charge in [-0.3, -0.25) is 9.59 Å². The zero-order valence-electron chi connectivity index (χ0n) is 10.7. The van der Waals surface area contributed by atoms with E-state index < -0.39 is 5.54 Å². The SMILES string of the molecule is C#CCC(C)N1CCC(=O)NC(C)(CC)C1=O. The van der Waals surface area contributed by atoms with Crippen LogP contribution in [-0.2, 0) is 9.59 Å². The van der Waals surface area contributed by atoms with E-state index in [-0.39, 0.29) is 17.9 Å². The van der Waals surface area contributed by atoms with Gasteiger partial charge in [-0.25, -0.2) is 0 Å². The molecular formula is C13H20N2O2. The van der Waals surface area contributed by atoms with Crippen molar-refractivity contribution in [3.63, 3.8) is 0 Å². The number of nitrogens with zero attached hydrogens (tertiary/aromatic N) is 1. The van der Waals surface area contributed by atoms with Gasteiger partial charge >= 0.3 is 0 Å². The summed E-state index contributed by atoms with van der Waals surface area (Å²) in [7, 11) is 0. The van der Waals surface area contributed by atoms with Crippen LogP contribution in [0.5, 0.6) is 0 Å². The summed E-state index contributed by atoms with van der Waals surface area (Å²) in [4.78, 5) is 25.7. The van der Waals surface area contributed by atoms with E-state index in [1.807, 2.05) is 13.8 Å². The van der Waals surface area contributed by atoms with Crippen molar-refractivity contribution >= 4 is 11.8 Å². The Labute approximate surface area is 103 Å². The molecule has 0 aromatic carbocycles. The summed E-state index contributed by atoms with van der Waals surface area (Å²) in [6, 6.07) is -0.0222. The van der Waals surface area contributed by atoms with Crippen LogP contribution in [0.15, 0.2) is 0 Å². The number of carbonyl (C=O) groups excluding carboxylic acids is 2. The highest BCUT2D eigenvalue weighted by Gasteiger charge is 2.40. The second kappa shape index (κ2) is 5.22. The average Bonchev–Trinajstić information content (AvgIpc) is 2.39. The number of terminal acetylenes is 1. The van der Waals surface area contributed by atoms with Crippen LogP contribution in [0.25, 0.3) is 0 Å². The van der Waals surface area contributed by atoms with E-state index in [0.717, 1.165) is 0 Å². The normalized spacial score (nSPS) is 27.1. The summed E-state index contributed by atoms with van der Waals surface area (Å²) in [5.74, 6) is 2.46. The monoisotopic (exact) mass is 236 g/mol. The van der Waals surface area contributed by atoms with Gasteiger partial charge in [-0.05, 0) is 20.3 Å². The quantitative estimate of drug-likeness (QED) is 0.741. The van der Waals surface area contributed by atoms with Gasteiger partial charge in [-0.2, -0.15) is 0 Å². The minimum absolute atomic E-state index is 0.0222. The molecule has 4 heteroatoms. The first kappa shape index (κ1) is 13.6. The van der Waals surface area contributed by atoms with Crippen LogP contribution in [0.2, 0.25) is 0 Å². The van der Waals surface area contributed by atoms with Gasteiger partial charge < -0.3 is 10.2 Å². The van der Waals surface area contributed by atoms with Crippen molar-refractivity contribution in [1.29, 1.82) is 0 Å². The maximum absolute atomic E-state index is 12.4. The van der Waals surface area contributed by atoms with E-state index in [1.165, 1.54) is 0 Å². The fourth-order valence-electron chi connectivity index (χ4n) is 2.01. The highest BCUT2D eigenvalue weighted by Crippen LogP contribution is 2.20. The number of carbonyl (C=O) groups is 2. The molecule has 0 bridgehead atoms. The Kier molecular flexibility index (Phi) is 4.17. The third-order valence-corrected chi connectivity index (χ3v) is 3.38. The average molecular weight is 236 g/mol. The zero-order valence-corrected chi connectivity index (χ0v) is 10.7. The molecule has 0 aliphatic carbocycles. The number of hydrogen-bond donors (Lipinski definition) is 1. The van der Waals surface area contributed by atoms with Gasteiger partial charge in [-0.15, -0.1) is 12.3 Å². The largest absolute Gasteiger partial charge is 0.342 e. The Balaban J connectivity index is 2.96. The zero-order chi connectivity index (χ0) is 13.1. The number of nitrogens with one attached hydrogen (secondary N) is 1. The summed E-state index contributed by atoms with van der Waals surface area (Å²) < 4.78 is 0. The predicted molar refractivity (Wildman–Crippen MR) is 66.1 cm³/mol. The van der Waals surface area contributed by atoms with Crippen LogP contribution in [-0.4, -0.2) is 34.8 Å². The first-order valence-electron chi connectivity index (χ1n) is 6.00. The van der Waals surface area contributed by atoms with Crippen LogP contribution in [0.3, 0.4) is 0 Å². The van der Waals surface area contributed by atoms with Crippen LogP contribution in [0, 0.1) is 12.3 Å². The lowest BCUT2D eigenvalue weighted by atomic mass is 9.96. The van der Waals surface area contributed by atoms with E-state index in [0.29, 0.717) is 25.8 Å². The van der Waals surface area contributed by atoms with Crippen molar-refractivity contribution in [2.45, 2.75) is 51.6 Å². The van der Waals surface area contributed by atoms with Gasteiger partial charge in [0.1, 0.15) is 5.54 Å². The molecule has 1 heterocycles. The molecule has 1 fully saturated rings. The molecule has 1 aliphatic rings. The van der Waals surface area contributed by atoms with Crippen molar-refractivity contribution in [3.05, 3.63) is 0 Å². The maximum Gasteiger partial charge on any atom is 0.248 e. The lowest BCUT2D eigenvalue weighted by molar-refractivity contribution is -0.139. The Morgan fingerprint density at radius 2 is 2.24 bits per heavy atom. The number of amides is 2. The number of hydrogen-bond acceptors (Lipinski definition) is 2. The standard InChI is InChI=1S/C13H20N2O2/c1-5-7-10(3)15-9-8-11(16)14-13(4,6-2)12(15)17/h1,10H,6-9H2,2-4H3,(H,14,16). The van der Waals surface area contributed by atoms with E-state index in [1.54, 1.807) is 11.8 Å². The lowest BCUT2D eigenvalue weighted by Crippen LogP contribution is -2.56. The van der Waals surface area contributed by atoms with Crippen molar-refractivity contribution in [1.82, 2.24) is 10.2 Å². The molecule has 1 N–H and O–H groups in total. The smallest absolute Gasteiger partial charge is 0.248 e. The molecular weight excluding hydrogens is 216 g/mol. The third kappa shape index (κ3) is 2.79. The van der Waals surface area contributed by atoms with Gasteiger partial charge in [0.05, 0.1) is 0 Å². The Hall–Kier alpha value is -1.50. The topological polar surface area (TPSA) is 49.4 Å². The molecule has 1 aliphatic heterocycles. The van der Waals surface area contributed by atoms with E-state index in [4.69, 9.17) is 6.42 Å². The summed E-state index contributed by atoms with van der Waals surface area (Å²) in [6.07, 6.45) is 6.71. The number of rotatable bonds is 3. The third-order valence-electron chi connectivity index (χ3n) is 3.38. The fourth-order valence-corrected chi connectivity index (χ4v) is 2.01. The molecule has 4 nitrogen and oxygen atoms in total. The van der Waals surface area contributed by atoms with E-state index >= 15 is 0 Å². The molecule has 17 heavy (non-hydrogen) atoms. The molecule has 2 atom stereocenters. The Morgan fingerprint density at radius 1 is 1.59 bits per heavy atom. The molecule has 1 rings (SSSR count). The van der Waals surface area contributed by atoms with Crippen molar-refractivity contribution in [2.75, 3.05) is 6.54 Å². The second-order valence-electron chi connectivity index (χ2n) is 4.74. The van der Waals surface area contributed by atoms with Crippen LogP contribution in [0.4, 0.5) is 0 Å². The van der Waals surface area contributed by atoms with Gasteiger partial charge in [0.2, 0.25) is 11.8 Å². The Morgan fingerprint density at radius 3 is 2.76 bits per heavy atom. The molecule has 0 aromatic rings. The van der Waals surface area contributed by atoms with Gasteiger partial charge in [0, 0.05) is 25.4 Å². The summed E-state index contributed by atoms with van der Waals surface area (Å²) in [5, 5.41) is 2.80. The van der Waals surface area contributed by atoms with Crippen LogP contribution in [0.1, 0.15) is 40.0 Å². The lowest BCUT2D eigenvalue weighted by Gasteiger charge is -2.34. The molecule has 0 saturated carbocycles. The molecule has 0 radical (unpaired) electrons. The summed E-state index contributed by atoms with van der Waals surface area (Å²) >= 11 is 0. The molecule has 1 saturated heterocycles. The molecule has 2 unspecified atom stereocenters. The van der Waals surface area contributed by atoms with Crippen molar-refractivity contribution in [3.8, 4) is 12.3 Å². The van der Waals surface area contributed by atoms with Crippen LogP contribution < -0.4 is 5.32 Å². The van der Waals surface area contributed by atoms with Crippen LogP contribution >= 0.6 is 0 Å². The first-order valence-corrected chi connectivity index (χ1v) is 6.00. The molecule has 0 spiro atoms. The molecule has 0 aromatic heterocycles. The minimum atomic E-state index is -0.795. The summed E-state index contributed by atoms with van der Waals surface area (Å²) in [5.41, 5.74) is -0.795. The second-order valence-corrected chi connectivity index (χ2v) is 4.74. The molecule has 94 valence electrons. The van der Waals surface area contributed by atoms with E-state index in [2.05, 4.69) is 11.2 Å². The predicted octanol–water partition coefficient (Wildman–Crippen LogP) is 0.915. The van der Waals surface area contributed by atoms with E-state index in [9.17, 15) is 9.59 Å². The highest BCUT2D eigenvalue weighted by atomic mass is 16.2. The van der Waals surface area contributed by atoms with Crippen molar-refractivity contribution in [2.24, 2.45) is 0 Å². The fraction of sp³-hybridized carbons (Fsp3) is 0.692. The van der Waals surface area contributed by atoms with Crippen molar-refractivity contribution < 1.29 is 9.59 Å². The minimum Gasteiger partial charge on any atom is -0.342 e. The Bertz CT molecular complexity index is 359. The van der Waals surface area contributed by atoms with Gasteiger partial charge in [-0.1, -0.05) is 6.92 Å². The van der Waals surface area contributed by atoms with Gasteiger partial charge in [0.25, 0.3) is 0 Å². The van der Waals surface area contributed by atoms with Gasteiger partial charge in [0.15, 0.2) is 0 Å². The highest BCUT2D eigenvalue weighted by molar-refractivity contribution is 5.93. The molecule has 2 amide bonds.